The molecule has 1 aromatic heterocycles. The molecule has 0 amide bonds. The van der Waals surface area contributed by atoms with Crippen molar-refractivity contribution in [3.05, 3.63) is 66.7 Å². The fourth-order valence-electron chi connectivity index (χ4n) is 3.30. The second-order valence-electron chi connectivity index (χ2n) is 8.93. The summed E-state index contributed by atoms with van der Waals surface area (Å²) in [5.74, 6) is 0.752. The van der Waals surface area contributed by atoms with Gasteiger partial charge in [-0.3, -0.25) is 14.9 Å². The Morgan fingerprint density at radius 3 is 2.56 bits per heavy atom. The van der Waals surface area contributed by atoms with E-state index in [1.54, 1.807) is 39.0 Å². The van der Waals surface area contributed by atoms with Crippen molar-refractivity contribution in [1.29, 1.82) is 0 Å². The highest BCUT2D eigenvalue weighted by molar-refractivity contribution is 9.10. The number of hydrogen-bond donors (Lipinski definition) is 0. The zero-order chi connectivity index (χ0) is 25.2. The lowest BCUT2D eigenvalue weighted by Crippen LogP contribution is -2.29. The van der Waals surface area contributed by atoms with Crippen molar-refractivity contribution in [2.24, 2.45) is 5.10 Å². The van der Waals surface area contributed by atoms with Crippen molar-refractivity contribution in [2.75, 3.05) is 6.61 Å². The van der Waals surface area contributed by atoms with Crippen LogP contribution in [0.5, 0.6) is 11.5 Å². The van der Waals surface area contributed by atoms with Crippen LogP contribution < -0.4 is 15.0 Å². The number of fused-ring (bicyclic) bond motifs is 1. The monoisotopic (exact) mass is 530 g/mol. The molecule has 2 aromatic carbocycles. The molecular weight excluding hydrogens is 504 g/mol. The van der Waals surface area contributed by atoms with Crippen LogP contribution in [0.15, 0.2) is 44.7 Å². The minimum Gasteiger partial charge on any atom is -0.490 e. The molecule has 34 heavy (non-hydrogen) atoms. The van der Waals surface area contributed by atoms with Gasteiger partial charge in [-0.15, -0.1) is 0 Å². The number of nitro benzene ring substituents is 1. The molecule has 0 unspecified atom stereocenters. The largest absolute Gasteiger partial charge is 0.490 e. The van der Waals surface area contributed by atoms with E-state index in [4.69, 9.17) is 9.47 Å². The van der Waals surface area contributed by atoms with Crippen molar-refractivity contribution in [1.82, 2.24) is 9.66 Å². The Labute approximate surface area is 205 Å². The molecule has 180 valence electrons. The second-order valence-corrected chi connectivity index (χ2v) is 9.85. The van der Waals surface area contributed by atoms with E-state index in [1.807, 2.05) is 26.8 Å². The highest BCUT2D eigenvalue weighted by Gasteiger charge is 2.25. The van der Waals surface area contributed by atoms with Crippen LogP contribution in [-0.2, 0) is 5.41 Å². The van der Waals surface area contributed by atoms with Gasteiger partial charge in [0.2, 0.25) is 5.75 Å². The molecule has 0 atom stereocenters. The van der Waals surface area contributed by atoms with E-state index in [0.29, 0.717) is 28.9 Å². The molecule has 0 aliphatic carbocycles. The number of ether oxygens (including phenoxy) is 2. The minimum atomic E-state index is -0.528. The number of rotatable bonds is 7. The fraction of sp³-hybridized carbons (Fsp3) is 0.375. The van der Waals surface area contributed by atoms with Gasteiger partial charge in [0.15, 0.2) is 5.75 Å². The molecule has 0 aliphatic heterocycles. The second kappa shape index (κ2) is 9.92. The molecule has 0 N–H and O–H groups in total. The lowest BCUT2D eigenvalue weighted by atomic mass is 9.95. The van der Waals surface area contributed by atoms with Crippen LogP contribution in [0.1, 0.15) is 52.9 Å². The summed E-state index contributed by atoms with van der Waals surface area (Å²) in [4.78, 5) is 29.2. The van der Waals surface area contributed by atoms with Crippen LogP contribution in [0.25, 0.3) is 10.9 Å². The van der Waals surface area contributed by atoms with Crippen LogP contribution in [0.2, 0.25) is 0 Å². The SMILES string of the molecule is CCOc1cc(C=Nn2c(C(C)(C)C)nc3ccc(Br)cc3c2=O)cc([N+](=O)[O-])c1OC(C)C. The highest BCUT2D eigenvalue weighted by Crippen LogP contribution is 2.39. The molecule has 1 heterocycles. The Kier molecular flexibility index (Phi) is 7.40. The Bertz CT molecular complexity index is 1330. The summed E-state index contributed by atoms with van der Waals surface area (Å²) in [5, 5.41) is 16.6. The van der Waals surface area contributed by atoms with Crippen LogP contribution in [0.4, 0.5) is 5.69 Å². The van der Waals surface area contributed by atoms with Crippen LogP contribution in [0, 0.1) is 10.1 Å². The molecule has 3 aromatic rings. The van der Waals surface area contributed by atoms with Gasteiger partial charge < -0.3 is 9.47 Å². The summed E-state index contributed by atoms with van der Waals surface area (Å²) in [5.41, 5.74) is -0.131. The normalized spacial score (nSPS) is 12.0. The zero-order valence-electron chi connectivity index (χ0n) is 20.0. The number of halogens is 1. The predicted octanol–water partition coefficient (Wildman–Crippen LogP) is 5.43. The van der Waals surface area contributed by atoms with Crippen molar-refractivity contribution in [2.45, 2.75) is 53.1 Å². The van der Waals surface area contributed by atoms with Crippen molar-refractivity contribution in [3.8, 4) is 11.5 Å². The van der Waals surface area contributed by atoms with Crippen molar-refractivity contribution in [3.63, 3.8) is 0 Å². The van der Waals surface area contributed by atoms with E-state index in [2.05, 4.69) is 26.0 Å². The minimum absolute atomic E-state index is 0.0590. The lowest BCUT2D eigenvalue weighted by molar-refractivity contribution is -0.386. The van der Waals surface area contributed by atoms with E-state index in [9.17, 15) is 14.9 Å². The topological polar surface area (TPSA) is 109 Å². The van der Waals surface area contributed by atoms with Crippen molar-refractivity contribution < 1.29 is 14.4 Å². The van der Waals surface area contributed by atoms with Gasteiger partial charge in [-0.25, -0.2) is 4.98 Å². The van der Waals surface area contributed by atoms with Gasteiger partial charge in [0.05, 0.1) is 34.8 Å². The molecule has 0 radical (unpaired) electrons. The molecule has 0 aliphatic rings. The molecule has 0 saturated carbocycles. The first kappa shape index (κ1) is 25.4. The van der Waals surface area contributed by atoms with Gasteiger partial charge in [-0.1, -0.05) is 36.7 Å². The fourth-order valence-corrected chi connectivity index (χ4v) is 3.66. The molecule has 0 spiro atoms. The standard InChI is InChI=1S/C24H27BrN4O5/c1-7-33-20-11-15(10-19(29(31)32)21(20)34-14(2)3)13-26-28-22(30)17-12-16(25)8-9-18(17)27-23(28)24(4,5)6/h8-14H,7H2,1-6H3. The third kappa shape index (κ3) is 5.44. The summed E-state index contributed by atoms with van der Waals surface area (Å²) in [6.07, 6.45) is 1.10. The molecule has 10 heteroatoms. The number of nitrogens with zero attached hydrogens (tertiary/aromatic N) is 4. The van der Waals surface area contributed by atoms with Gasteiger partial charge in [0.1, 0.15) is 5.82 Å². The van der Waals surface area contributed by atoms with Gasteiger partial charge in [-0.2, -0.15) is 9.78 Å². The molecule has 0 bridgehead atoms. The number of benzene rings is 2. The lowest BCUT2D eigenvalue weighted by Gasteiger charge is -2.21. The molecule has 3 rings (SSSR count). The summed E-state index contributed by atoms with van der Waals surface area (Å²) in [7, 11) is 0. The zero-order valence-corrected chi connectivity index (χ0v) is 21.5. The van der Waals surface area contributed by atoms with Crippen LogP contribution in [-0.4, -0.2) is 33.5 Å². The third-order valence-electron chi connectivity index (χ3n) is 4.71. The van der Waals surface area contributed by atoms with Crippen LogP contribution >= 0.6 is 15.9 Å². The summed E-state index contributed by atoms with van der Waals surface area (Å²) in [6.45, 7) is 11.4. The first-order chi connectivity index (χ1) is 15.9. The Morgan fingerprint density at radius 2 is 1.97 bits per heavy atom. The van der Waals surface area contributed by atoms with Gasteiger partial charge in [0.25, 0.3) is 5.56 Å². The van der Waals surface area contributed by atoms with Gasteiger partial charge in [0, 0.05) is 21.5 Å². The first-order valence-corrected chi connectivity index (χ1v) is 11.6. The first-order valence-electron chi connectivity index (χ1n) is 10.8. The van der Waals surface area contributed by atoms with E-state index in [0.717, 1.165) is 4.47 Å². The molecule has 9 nitrogen and oxygen atoms in total. The maximum absolute atomic E-state index is 13.3. The summed E-state index contributed by atoms with van der Waals surface area (Å²) >= 11 is 3.39. The third-order valence-corrected chi connectivity index (χ3v) is 5.20. The predicted molar refractivity (Wildman–Crippen MR) is 135 cm³/mol. The summed E-state index contributed by atoms with van der Waals surface area (Å²) in [6, 6.07) is 8.24. The van der Waals surface area contributed by atoms with E-state index in [-0.39, 0.29) is 28.8 Å². The van der Waals surface area contributed by atoms with E-state index >= 15 is 0 Å². The maximum Gasteiger partial charge on any atom is 0.315 e. The van der Waals surface area contributed by atoms with Gasteiger partial charge in [-0.05, 0) is 45.0 Å². The number of nitro groups is 1. The van der Waals surface area contributed by atoms with Gasteiger partial charge >= 0.3 is 5.69 Å². The number of hydrogen-bond acceptors (Lipinski definition) is 7. The van der Waals surface area contributed by atoms with E-state index < -0.39 is 10.3 Å². The smallest absolute Gasteiger partial charge is 0.315 e. The van der Waals surface area contributed by atoms with Crippen LogP contribution in [0.3, 0.4) is 0 Å². The van der Waals surface area contributed by atoms with E-state index in [1.165, 1.54) is 17.0 Å². The highest BCUT2D eigenvalue weighted by atomic mass is 79.9. The Morgan fingerprint density at radius 1 is 1.26 bits per heavy atom. The average Bonchev–Trinajstić information content (AvgIpc) is 2.73. The summed E-state index contributed by atoms with van der Waals surface area (Å²) < 4.78 is 13.3. The quantitative estimate of drug-likeness (QED) is 0.228. The Balaban J connectivity index is 2.22. The molecule has 0 saturated heterocycles. The average molecular weight is 531 g/mol. The molecule has 0 fully saturated rings. The Hall–Kier alpha value is -3.27. The number of aromatic nitrogens is 2. The maximum atomic E-state index is 13.3. The van der Waals surface area contributed by atoms with Crippen molar-refractivity contribution >= 4 is 38.7 Å². The molecular formula is C24H27BrN4O5.